The molecule has 0 aliphatic heterocycles. The van der Waals surface area contributed by atoms with E-state index < -0.39 is 5.95 Å². The van der Waals surface area contributed by atoms with Gasteiger partial charge in [0.25, 0.3) is 5.91 Å². The highest BCUT2D eigenvalue weighted by Crippen LogP contribution is 2.37. The Kier molecular flexibility index (Phi) is 4.29. The number of halogens is 1. The summed E-state index contributed by atoms with van der Waals surface area (Å²) in [5.74, 6) is -0.272. The molecule has 5 heteroatoms. The number of rotatable bonds is 4. The molecule has 1 aliphatic rings. The van der Waals surface area contributed by atoms with Crippen molar-refractivity contribution in [2.75, 3.05) is 0 Å². The van der Waals surface area contributed by atoms with Crippen LogP contribution in [0.2, 0.25) is 0 Å². The topological polar surface area (TPSA) is 42.0 Å². The molecule has 1 saturated carbocycles. The van der Waals surface area contributed by atoms with Crippen LogP contribution in [0.4, 0.5) is 4.39 Å². The molecule has 2 heterocycles. The molecule has 21 heavy (non-hydrogen) atoms. The lowest BCUT2D eigenvalue weighted by Gasteiger charge is -2.23. The van der Waals surface area contributed by atoms with E-state index in [0.29, 0.717) is 11.5 Å². The second kappa shape index (κ2) is 6.35. The third-order valence-corrected chi connectivity index (χ3v) is 4.95. The van der Waals surface area contributed by atoms with E-state index in [0.717, 1.165) is 12.8 Å². The maximum atomic E-state index is 12.8. The Morgan fingerprint density at radius 1 is 1.33 bits per heavy atom. The fraction of sp³-hybridized carbons (Fsp3) is 0.375. The fourth-order valence-electron chi connectivity index (χ4n) is 2.91. The molecule has 1 atom stereocenters. The number of thiophene rings is 1. The first-order valence-electron chi connectivity index (χ1n) is 7.20. The minimum absolute atomic E-state index is 0.0463. The highest BCUT2D eigenvalue weighted by atomic mass is 32.1. The molecule has 1 unspecified atom stereocenters. The molecule has 0 spiro atoms. The van der Waals surface area contributed by atoms with Crippen molar-refractivity contribution in [3.05, 3.63) is 52.2 Å². The molecule has 3 nitrogen and oxygen atoms in total. The smallest absolute Gasteiger partial charge is 0.253 e. The molecular formula is C16H17FN2OS. The summed E-state index contributed by atoms with van der Waals surface area (Å²) in [7, 11) is 0. The zero-order valence-corrected chi connectivity index (χ0v) is 12.4. The van der Waals surface area contributed by atoms with Crippen LogP contribution < -0.4 is 5.32 Å². The molecule has 3 rings (SSSR count). The average Bonchev–Trinajstić information content (AvgIpc) is 3.19. The standard InChI is InChI=1S/C16H17FN2OS/c17-14-8-7-12(10-18-14)16(20)19-15(11-4-1-2-5-11)13-6-3-9-21-13/h3,6-11,15H,1-2,4-5H2,(H,19,20). The molecule has 2 aromatic rings. The lowest BCUT2D eigenvalue weighted by Crippen LogP contribution is -2.32. The van der Waals surface area contributed by atoms with Gasteiger partial charge in [0.15, 0.2) is 0 Å². The third-order valence-electron chi connectivity index (χ3n) is 4.00. The van der Waals surface area contributed by atoms with E-state index in [9.17, 15) is 9.18 Å². The normalized spacial score (nSPS) is 16.8. The lowest BCUT2D eigenvalue weighted by atomic mass is 9.96. The van der Waals surface area contributed by atoms with Crippen LogP contribution in [-0.2, 0) is 0 Å². The minimum Gasteiger partial charge on any atom is -0.344 e. The zero-order valence-electron chi connectivity index (χ0n) is 11.6. The SMILES string of the molecule is O=C(NC(c1cccs1)C1CCCC1)c1ccc(F)nc1. The summed E-state index contributed by atoms with van der Waals surface area (Å²) in [6.45, 7) is 0. The molecule has 0 bridgehead atoms. The Morgan fingerprint density at radius 2 is 2.14 bits per heavy atom. The van der Waals surface area contributed by atoms with Crippen LogP contribution in [0.15, 0.2) is 35.8 Å². The Bertz CT molecular complexity index is 591. The van der Waals surface area contributed by atoms with Gasteiger partial charge in [-0.05, 0) is 42.3 Å². The molecule has 1 N–H and O–H groups in total. The number of carbonyl (C=O) groups excluding carboxylic acids is 1. The van der Waals surface area contributed by atoms with E-state index >= 15 is 0 Å². The zero-order chi connectivity index (χ0) is 14.7. The maximum absolute atomic E-state index is 12.8. The highest BCUT2D eigenvalue weighted by Gasteiger charge is 2.28. The summed E-state index contributed by atoms with van der Waals surface area (Å²) in [5.41, 5.74) is 0.399. The van der Waals surface area contributed by atoms with Crippen molar-refractivity contribution in [3.63, 3.8) is 0 Å². The van der Waals surface area contributed by atoms with Crippen molar-refractivity contribution in [2.24, 2.45) is 5.92 Å². The average molecular weight is 304 g/mol. The van der Waals surface area contributed by atoms with E-state index in [2.05, 4.69) is 16.4 Å². The number of carbonyl (C=O) groups is 1. The van der Waals surface area contributed by atoms with Crippen LogP contribution in [0.5, 0.6) is 0 Å². The summed E-state index contributed by atoms with van der Waals surface area (Å²) in [6, 6.07) is 6.80. The predicted octanol–water partition coefficient (Wildman–Crippen LogP) is 3.94. The van der Waals surface area contributed by atoms with E-state index in [1.807, 2.05) is 11.4 Å². The van der Waals surface area contributed by atoms with Gasteiger partial charge in [-0.3, -0.25) is 4.79 Å². The first kappa shape index (κ1) is 14.2. The molecule has 0 aromatic carbocycles. The molecule has 1 fully saturated rings. The molecule has 110 valence electrons. The summed E-state index contributed by atoms with van der Waals surface area (Å²) >= 11 is 1.67. The maximum Gasteiger partial charge on any atom is 0.253 e. The first-order valence-corrected chi connectivity index (χ1v) is 8.08. The Morgan fingerprint density at radius 3 is 2.76 bits per heavy atom. The van der Waals surface area contributed by atoms with Crippen LogP contribution in [0.3, 0.4) is 0 Å². The van der Waals surface area contributed by atoms with Crippen molar-refractivity contribution in [1.29, 1.82) is 0 Å². The summed E-state index contributed by atoms with van der Waals surface area (Å²) in [5, 5.41) is 5.14. The fourth-order valence-corrected chi connectivity index (χ4v) is 3.78. The van der Waals surface area contributed by atoms with Gasteiger partial charge in [-0.25, -0.2) is 4.98 Å². The van der Waals surface area contributed by atoms with Gasteiger partial charge in [-0.15, -0.1) is 11.3 Å². The third kappa shape index (κ3) is 3.29. The second-order valence-corrected chi connectivity index (χ2v) is 6.36. The molecule has 1 aliphatic carbocycles. The van der Waals surface area contributed by atoms with Crippen molar-refractivity contribution in [3.8, 4) is 0 Å². The van der Waals surface area contributed by atoms with Crippen LogP contribution in [0.25, 0.3) is 0 Å². The van der Waals surface area contributed by atoms with Gasteiger partial charge in [0.1, 0.15) is 0 Å². The Balaban J connectivity index is 1.77. The van der Waals surface area contributed by atoms with Gasteiger partial charge in [0.2, 0.25) is 5.95 Å². The summed E-state index contributed by atoms with van der Waals surface area (Å²) in [6.07, 6.45) is 6.01. The van der Waals surface area contributed by atoms with Gasteiger partial charge < -0.3 is 5.32 Å². The molecule has 0 radical (unpaired) electrons. The summed E-state index contributed by atoms with van der Waals surface area (Å²) in [4.78, 5) is 17.1. The van der Waals surface area contributed by atoms with Gasteiger partial charge in [0.05, 0.1) is 11.6 Å². The van der Waals surface area contributed by atoms with Crippen molar-refractivity contribution < 1.29 is 9.18 Å². The van der Waals surface area contributed by atoms with Crippen molar-refractivity contribution in [2.45, 2.75) is 31.7 Å². The quantitative estimate of drug-likeness (QED) is 0.869. The van der Waals surface area contributed by atoms with E-state index in [4.69, 9.17) is 0 Å². The minimum atomic E-state index is -0.572. The van der Waals surface area contributed by atoms with E-state index in [-0.39, 0.29) is 11.9 Å². The van der Waals surface area contributed by atoms with Gasteiger partial charge in [0, 0.05) is 11.1 Å². The number of nitrogens with zero attached hydrogens (tertiary/aromatic N) is 1. The van der Waals surface area contributed by atoms with Crippen molar-refractivity contribution in [1.82, 2.24) is 10.3 Å². The number of aromatic nitrogens is 1. The Hall–Kier alpha value is -1.75. The number of hydrogen-bond donors (Lipinski definition) is 1. The second-order valence-electron chi connectivity index (χ2n) is 5.38. The van der Waals surface area contributed by atoms with Crippen LogP contribution in [0, 0.1) is 11.9 Å². The predicted molar refractivity (Wildman–Crippen MR) is 80.7 cm³/mol. The molecule has 1 amide bonds. The monoisotopic (exact) mass is 304 g/mol. The number of amides is 1. The van der Waals surface area contributed by atoms with Gasteiger partial charge in [-0.1, -0.05) is 18.9 Å². The highest BCUT2D eigenvalue weighted by molar-refractivity contribution is 7.10. The van der Waals surface area contributed by atoms with Gasteiger partial charge >= 0.3 is 0 Å². The number of nitrogens with one attached hydrogen (secondary N) is 1. The lowest BCUT2D eigenvalue weighted by molar-refractivity contribution is 0.0922. The van der Waals surface area contributed by atoms with Crippen molar-refractivity contribution >= 4 is 17.2 Å². The molecule has 2 aromatic heterocycles. The number of hydrogen-bond acceptors (Lipinski definition) is 3. The van der Waals surface area contributed by atoms with Crippen LogP contribution in [0.1, 0.15) is 47.0 Å². The number of pyridine rings is 1. The van der Waals surface area contributed by atoms with Crippen LogP contribution >= 0.6 is 11.3 Å². The molecule has 0 saturated heterocycles. The Labute approximate surface area is 127 Å². The molecular weight excluding hydrogens is 287 g/mol. The first-order chi connectivity index (χ1) is 10.2. The largest absolute Gasteiger partial charge is 0.344 e. The van der Waals surface area contributed by atoms with Gasteiger partial charge in [-0.2, -0.15) is 4.39 Å². The van der Waals surface area contributed by atoms with E-state index in [1.54, 1.807) is 11.3 Å². The summed E-state index contributed by atoms with van der Waals surface area (Å²) < 4.78 is 12.8. The van der Waals surface area contributed by atoms with Crippen LogP contribution in [-0.4, -0.2) is 10.9 Å². The van der Waals surface area contributed by atoms with E-state index in [1.165, 1.54) is 36.0 Å².